The van der Waals surface area contributed by atoms with Gasteiger partial charge in [-0.05, 0) is 58.7 Å². The summed E-state index contributed by atoms with van der Waals surface area (Å²) in [5.74, 6) is 0.511. The molecule has 0 radical (unpaired) electrons. The highest BCUT2D eigenvalue weighted by Gasteiger charge is 2.42. The Kier molecular flexibility index (Phi) is 6.52. The Hall–Kier alpha value is -4.83. The molecule has 2 atom stereocenters. The van der Waals surface area contributed by atoms with Crippen LogP contribution in [0.2, 0.25) is 0 Å². The average molecular weight is 596 g/mol. The zero-order valence-corrected chi connectivity index (χ0v) is 25.3. The molecule has 5 nitrogen and oxygen atoms in total. The molecule has 0 bridgehead atoms. The predicted molar refractivity (Wildman–Crippen MR) is 179 cm³/mol. The van der Waals surface area contributed by atoms with Crippen molar-refractivity contribution in [3.8, 4) is 0 Å². The molecule has 7 aromatic rings. The SMILES string of the molecule is CC(C)(Op1oc2ccc3ccccc3c2c2c(ccc3ccccc32)o1)C1=N[C@H](c2ccccc2)[C@@H](c2ccccc2)O1. The van der Waals surface area contributed by atoms with Crippen LogP contribution in [0.4, 0.5) is 0 Å². The molecule has 0 saturated carbocycles. The first-order valence-corrected chi connectivity index (χ1v) is 15.9. The van der Waals surface area contributed by atoms with Crippen LogP contribution in [0.5, 0.6) is 0 Å². The topological polar surface area (TPSA) is 57.1 Å². The van der Waals surface area contributed by atoms with Gasteiger partial charge < -0.3 is 13.1 Å². The van der Waals surface area contributed by atoms with Crippen molar-refractivity contribution in [2.24, 2.45) is 4.99 Å². The van der Waals surface area contributed by atoms with E-state index in [1.54, 1.807) is 0 Å². The molecule has 0 saturated heterocycles. The molecule has 2 heterocycles. The van der Waals surface area contributed by atoms with E-state index in [9.17, 15) is 0 Å². The lowest BCUT2D eigenvalue weighted by atomic mass is 9.97. The summed E-state index contributed by atoms with van der Waals surface area (Å²) in [6.45, 7) is 3.92. The van der Waals surface area contributed by atoms with E-state index in [0.717, 1.165) is 54.6 Å². The summed E-state index contributed by atoms with van der Waals surface area (Å²) in [5.41, 5.74) is 2.64. The van der Waals surface area contributed by atoms with Gasteiger partial charge in [0, 0.05) is 10.8 Å². The van der Waals surface area contributed by atoms with Gasteiger partial charge in [0.2, 0.25) is 5.90 Å². The van der Waals surface area contributed by atoms with Crippen LogP contribution in [0.1, 0.15) is 37.1 Å². The third-order valence-electron chi connectivity index (χ3n) is 8.25. The molecule has 0 N–H and O–H groups in total. The quantitative estimate of drug-likeness (QED) is 0.199. The Bertz CT molecular complexity index is 2130. The first-order chi connectivity index (χ1) is 21.5. The summed E-state index contributed by atoms with van der Waals surface area (Å²) >= 11 is 0. The molecule has 0 spiro atoms. The van der Waals surface area contributed by atoms with Crippen LogP contribution in [-0.4, -0.2) is 11.5 Å². The minimum absolute atomic E-state index is 0.209. The number of ether oxygens (including phenoxy) is 1. The normalized spacial score (nSPS) is 16.8. The minimum atomic E-state index is -1.88. The van der Waals surface area contributed by atoms with Crippen LogP contribution in [-0.2, 0) is 4.74 Å². The molecule has 1 aliphatic heterocycles. The second-order valence-corrected chi connectivity index (χ2v) is 12.6. The van der Waals surface area contributed by atoms with Gasteiger partial charge in [0.15, 0.2) is 11.7 Å². The van der Waals surface area contributed by atoms with E-state index in [0.29, 0.717) is 5.90 Å². The second kappa shape index (κ2) is 10.7. The van der Waals surface area contributed by atoms with Crippen molar-refractivity contribution in [3.05, 3.63) is 145 Å². The van der Waals surface area contributed by atoms with Crippen molar-refractivity contribution >= 4 is 57.6 Å². The molecule has 0 unspecified atom stereocenters. The van der Waals surface area contributed by atoms with Crippen molar-refractivity contribution in [1.29, 1.82) is 0 Å². The number of fused-ring (bicyclic) bond motifs is 7. The van der Waals surface area contributed by atoms with Crippen molar-refractivity contribution < 1.29 is 17.7 Å². The van der Waals surface area contributed by atoms with Crippen LogP contribution in [0.25, 0.3) is 43.5 Å². The van der Waals surface area contributed by atoms with Crippen LogP contribution in [0, 0.1) is 0 Å². The third-order valence-corrected chi connectivity index (χ3v) is 9.54. The van der Waals surface area contributed by atoms with Gasteiger partial charge in [-0.1, -0.05) is 121 Å². The largest absolute Gasteiger partial charge is 0.468 e. The number of rotatable bonds is 5. The minimum Gasteiger partial charge on any atom is -0.468 e. The van der Waals surface area contributed by atoms with Crippen LogP contribution >= 0.6 is 8.24 Å². The van der Waals surface area contributed by atoms with E-state index >= 15 is 0 Å². The van der Waals surface area contributed by atoms with Gasteiger partial charge in [0.05, 0.1) is 0 Å². The lowest BCUT2D eigenvalue weighted by Crippen LogP contribution is -2.37. The van der Waals surface area contributed by atoms with E-state index in [1.807, 2.05) is 62.4 Å². The summed E-state index contributed by atoms with van der Waals surface area (Å²) in [6, 6.07) is 45.2. The van der Waals surface area contributed by atoms with Gasteiger partial charge in [0.1, 0.15) is 17.2 Å². The maximum absolute atomic E-state index is 6.71. The Morgan fingerprint density at radius 2 is 1.09 bits per heavy atom. The number of nitrogens with zero attached hydrogens (tertiary/aromatic N) is 1. The van der Waals surface area contributed by atoms with E-state index in [2.05, 4.69) is 84.9 Å². The molecule has 44 heavy (non-hydrogen) atoms. The maximum Gasteiger partial charge on any atom is 0.388 e. The van der Waals surface area contributed by atoms with E-state index < -0.39 is 13.8 Å². The lowest BCUT2D eigenvalue weighted by molar-refractivity contribution is 0.141. The smallest absolute Gasteiger partial charge is 0.388 e. The van der Waals surface area contributed by atoms with Gasteiger partial charge >= 0.3 is 8.24 Å². The molecule has 216 valence electrons. The number of hydrogen-bond acceptors (Lipinski definition) is 5. The molecule has 0 aliphatic carbocycles. The van der Waals surface area contributed by atoms with Crippen molar-refractivity contribution in [2.45, 2.75) is 31.6 Å². The zero-order chi connectivity index (χ0) is 29.7. The average Bonchev–Trinajstić information content (AvgIpc) is 3.46. The number of aliphatic imine (C=N–C) groups is 1. The van der Waals surface area contributed by atoms with Crippen LogP contribution in [0.3, 0.4) is 0 Å². The standard InChI is InChI=1S/C38H30NO4P/c1-38(2,37-39-35(27-15-5-3-6-16-27)36(40-37)28-17-7-4-8-18-28)43-44-41-31-23-21-25-13-9-11-19-29(25)33(31)34-30-20-12-10-14-26(30)22-24-32(34)42-44/h3-24,35-36H,1-2H3/t35-,36-/m1/s1. The van der Waals surface area contributed by atoms with Gasteiger partial charge in [-0.2, -0.15) is 0 Å². The Morgan fingerprint density at radius 3 is 1.66 bits per heavy atom. The van der Waals surface area contributed by atoms with Gasteiger partial charge in [-0.15, -0.1) is 0 Å². The van der Waals surface area contributed by atoms with E-state index in [4.69, 9.17) is 22.6 Å². The molecule has 1 aromatic heterocycles. The molecular formula is C38H30NO4P. The molecule has 6 aromatic carbocycles. The summed E-state index contributed by atoms with van der Waals surface area (Å²) in [7, 11) is -1.88. The molecule has 6 heteroatoms. The molecule has 8 rings (SSSR count). The van der Waals surface area contributed by atoms with Crippen molar-refractivity contribution in [2.75, 3.05) is 0 Å². The van der Waals surface area contributed by atoms with Gasteiger partial charge in [-0.3, -0.25) is 4.52 Å². The third kappa shape index (κ3) is 4.66. The van der Waals surface area contributed by atoms with Crippen molar-refractivity contribution in [1.82, 2.24) is 0 Å². The molecule has 0 fully saturated rings. The Balaban J connectivity index is 1.28. The summed E-state index contributed by atoms with van der Waals surface area (Å²) in [4.78, 5) is 5.12. The highest BCUT2D eigenvalue weighted by molar-refractivity contribution is 7.32. The second-order valence-electron chi connectivity index (χ2n) is 11.6. The molecule has 0 amide bonds. The molecule has 1 aliphatic rings. The highest BCUT2D eigenvalue weighted by atomic mass is 31.1. The first-order valence-electron chi connectivity index (χ1n) is 14.8. The highest BCUT2D eigenvalue weighted by Crippen LogP contribution is 2.45. The van der Waals surface area contributed by atoms with Gasteiger partial charge in [0.25, 0.3) is 0 Å². The Labute approximate surface area is 256 Å². The molecular weight excluding hydrogens is 565 g/mol. The number of benzene rings is 6. The van der Waals surface area contributed by atoms with Crippen LogP contribution in [0.15, 0.2) is 147 Å². The summed E-state index contributed by atoms with van der Waals surface area (Å²) in [5, 5.41) is 6.47. The lowest BCUT2D eigenvalue weighted by Gasteiger charge is -2.24. The van der Waals surface area contributed by atoms with E-state index in [1.165, 1.54) is 0 Å². The Morgan fingerprint density at radius 1 is 0.591 bits per heavy atom. The monoisotopic (exact) mass is 595 g/mol. The fourth-order valence-electron chi connectivity index (χ4n) is 6.11. The summed E-state index contributed by atoms with van der Waals surface area (Å²) in [6.07, 6.45) is -0.278. The van der Waals surface area contributed by atoms with Gasteiger partial charge in [-0.25, -0.2) is 4.99 Å². The van der Waals surface area contributed by atoms with Crippen molar-refractivity contribution in [3.63, 3.8) is 0 Å². The summed E-state index contributed by atoms with van der Waals surface area (Å²) < 4.78 is 26.6. The van der Waals surface area contributed by atoms with E-state index in [-0.39, 0.29) is 12.1 Å². The zero-order valence-electron chi connectivity index (χ0n) is 24.4. The first kappa shape index (κ1) is 26.8. The maximum atomic E-state index is 6.71. The predicted octanol–water partition coefficient (Wildman–Crippen LogP) is 10.7. The fourth-order valence-corrected chi connectivity index (χ4v) is 7.30. The van der Waals surface area contributed by atoms with Crippen LogP contribution < -0.4 is 4.52 Å². The fraction of sp³-hybridized carbons (Fsp3) is 0.132. The number of hydrogen-bond donors (Lipinski definition) is 0.